The number of hydrogen-bond donors (Lipinski definition) is 1. The maximum atomic E-state index is 12.5. The van der Waals surface area contributed by atoms with Gasteiger partial charge in [0, 0.05) is 22.2 Å². The molecule has 20 heavy (non-hydrogen) atoms. The Kier molecular flexibility index (Phi) is 5.31. The normalized spacial score (nSPS) is 20.8. The number of piperidine rings is 1. The first-order valence-corrected chi connectivity index (χ1v) is 8.02. The molecule has 1 aromatic carbocycles. The van der Waals surface area contributed by atoms with E-state index in [4.69, 9.17) is 0 Å². The number of carbonyl (C=O) groups is 1. The summed E-state index contributed by atoms with van der Waals surface area (Å²) in [5.41, 5.74) is 1.22. The monoisotopic (exact) mass is 406 g/mol. The van der Waals surface area contributed by atoms with Crippen molar-refractivity contribution < 1.29 is 4.79 Å². The highest BCUT2D eigenvalue weighted by atomic mass is 127. The molecule has 2 saturated heterocycles. The molecule has 0 unspecified atom stereocenters. The summed E-state index contributed by atoms with van der Waals surface area (Å²) in [5, 5.41) is 3.41. The number of rotatable bonds is 1. The molecule has 0 atom stereocenters. The van der Waals surface area contributed by atoms with Crippen LogP contribution in [0.2, 0.25) is 0 Å². The summed E-state index contributed by atoms with van der Waals surface area (Å²) in [6.07, 6.45) is 3.59. The fraction of sp³-hybridized carbons (Fsp3) is 0.533. The number of amides is 1. The minimum atomic E-state index is 0. The number of nitrogens with one attached hydrogen (secondary N) is 1. The smallest absolute Gasteiger partial charge is 0.253 e. The summed E-state index contributed by atoms with van der Waals surface area (Å²) in [7, 11) is 0. The zero-order valence-corrected chi connectivity index (χ0v) is 14.4. The summed E-state index contributed by atoms with van der Waals surface area (Å²) in [5.74, 6) is 0.203. The lowest BCUT2D eigenvalue weighted by Crippen LogP contribution is -2.39. The number of hydrogen-bond acceptors (Lipinski definition) is 2. The Morgan fingerprint density at radius 3 is 2.70 bits per heavy atom. The van der Waals surface area contributed by atoms with E-state index in [-0.39, 0.29) is 18.3 Å². The third-order valence-electron chi connectivity index (χ3n) is 4.46. The Labute approximate surface area is 140 Å². The van der Waals surface area contributed by atoms with E-state index in [1.807, 2.05) is 24.3 Å². The van der Waals surface area contributed by atoms with E-state index in [1.54, 1.807) is 0 Å². The highest BCUT2D eigenvalue weighted by Gasteiger charge is 2.40. The van der Waals surface area contributed by atoms with Crippen molar-refractivity contribution >= 4 is 40.9 Å². The Balaban J connectivity index is 0.00000147. The van der Waals surface area contributed by atoms with Gasteiger partial charge in [-0.2, -0.15) is 0 Å². The highest BCUT2D eigenvalue weighted by Crippen LogP contribution is 2.38. The third-order valence-corrected chi connectivity index (χ3v) is 5.13. The second kappa shape index (κ2) is 6.62. The number of likely N-dealkylation sites (tertiary alicyclic amines) is 1. The molecule has 0 radical (unpaired) electrons. The first-order valence-electron chi connectivity index (χ1n) is 6.94. The molecule has 0 bridgehead atoms. The van der Waals surface area contributed by atoms with E-state index in [9.17, 15) is 4.79 Å². The van der Waals surface area contributed by atoms with Crippen LogP contribution >= 0.6 is 35.0 Å². The second-order valence-electron chi connectivity index (χ2n) is 5.74. The van der Waals surface area contributed by atoms with E-state index in [0.29, 0.717) is 5.41 Å². The first-order chi connectivity index (χ1) is 9.19. The molecule has 1 N–H and O–H groups in total. The van der Waals surface area contributed by atoms with Gasteiger partial charge in [0.1, 0.15) is 0 Å². The predicted octanol–water partition coefficient (Wildman–Crippen LogP) is 2.93. The van der Waals surface area contributed by atoms with Crippen molar-refractivity contribution in [1.82, 2.24) is 10.2 Å². The van der Waals surface area contributed by atoms with Gasteiger partial charge in [0.25, 0.3) is 5.91 Å². The van der Waals surface area contributed by atoms with Gasteiger partial charge >= 0.3 is 0 Å². The van der Waals surface area contributed by atoms with Gasteiger partial charge in [0.15, 0.2) is 0 Å². The van der Waals surface area contributed by atoms with Crippen LogP contribution in [0.1, 0.15) is 29.6 Å². The van der Waals surface area contributed by atoms with Gasteiger partial charge in [0.05, 0.1) is 0 Å². The van der Waals surface area contributed by atoms with Crippen LogP contribution in [0.25, 0.3) is 0 Å². The van der Waals surface area contributed by atoms with E-state index < -0.39 is 0 Å². The van der Waals surface area contributed by atoms with Crippen molar-refractivity contribution in [3.8, 4) is 0 Å². The van der Waals surface area contributed by atoms with Gasteiger partial charge in [-0.25, -0.2) is 0 Å². The van der Waals surface area contributed by atoms with Crippen LogP contribution < -0.4 is 5.32 Å². The zero-order valence-electron chi connectivity index (χ0n) is 11.4. The Morgan fingerprint density at radius 2 is 2.00 bits per heavy atom. The van der Waals surface area contributed by atoms with Crippen molar-refractivity contribution in [3.63, 3.8) is 0 Å². The molecule has 1 aromatic rings. The number of halogens is 2. The molecule has 1 spiro atoms. The minimum absolute atomic E-state index is 0. The lowest BCUT2D eigenvalue weighted by molar-refractivity contribution is 0.0761. The van der Waals surface area contributed by atoms with E-state index in [2.05, 4.69) is 32.8 Å². The molecule has 2 aliphatic heterocycles. The lowest BCUT2D eigenvalue weighted by Gasteiger charge is -2.33. The maximum Gasteiger partial charge on any atom is 0.253 e. The summed E-state index contributed by atoms with van der Waals surface area (Å²) < 4.78 is 1.12. The van der Waals surface area contributed by atoms with Gasteiger partial charge in [-0.1, -0.05) is 6.07 Å². The van der Waals surface area contributed by atoms with Crippen LogP contribution in [0.3, 0.4) is 0 Å². The SMILES string of the molecule is Cl.O=C(c1cccc(I)c1)N1CCC2(CCNCC2)C1. The fourth-order valence-corrected chi connectivity index (χ4v) is 3.82. The van der Waals surface area contributed by atoms with Crippen molar-refractivity contribution in [2.75, 3.05) is 26.2 Å². The second-order valence-corrected chi connectivity index (χ2v) is 6.98. The fourth-order valence-electron chi connectivity index (χ4n) is 3.28. The number of nitrogens with zero attached hydrogens (tertiary/aromatic N) is 1. The molecule has 2 heterocycles. The molecule has 0 aliphatic carbocycles. The van der Waals surface area contributed by atoms with Gasteiger partial charge in [-0.3, -0.25) is 4.79 Å². The maximum absolute atomic E-state index is 12.5. The van der Waals surface area contributed by atoms with Crippen LogP contribution in [0.5, 0.6) is 0 Å². The summed E-state index contributed by atoms with van der Waals surface area (Å²) in [6.45, 7) is 4.07. The van der Waals surface area contributed by atoms with Gasteiger partial charge in [0.2, 0.25) is 0 Å². The molecular weight excluding hydrogens is 387 g/mol. The van der Waals surface area contributed by atoms with E-state index in [0.717, 1.165) is 35.3 Å². The molecule has 3 rings (SSSR count). The van der Waals surface area contributed by atoms with Crippen LogP contribution in [0.15, 0.2) is 24.3 Å². The molecular formula is C15H20ClIN2O. The standard InChI is InChI=1S/C15H19IN2O.ClH/c16-13-3-1-2-12(10-13)14(19)18-9-6-15(11-18)4-7-17-8-5-15;/h1-3,10,17H,4-9,11H2;1H. The molecule has 110 valence electrons. The van der Waals surface area contributed by atoms with Crippen LogP contribution in [-0.2, 0) is 0 Å². The highest BCUT2D eigenvalue weighted by molar-refractivity contribution is 14.1. The number of benzene rings is 1. The number of carbonyl (C=O) groups excluding carboxylic acids is 1. The molecule has 1 amide bonds. The quantitative estimate of drug-likeness (QED) is 0.727. The van der Waals surface area contributed by atoms with Crippen molar-refractivity contribution in [1.29, 1.82) is 0 Å². The Bertz CT molecular complexity index is 489. The van der Waals surface area contributed by atoms with Gasteiger partial charge in [-0.15, -0.1) is 12.4 Å². The topological polar surface area (TPSA) is 32.3 Å². The first kappa shape index (κ1) is 16.0. The molecule has 3 nitrogen and oxygen atoms in total. The molecule has 2 aliphatic rings. The minimum Gasteiger partial charge on any atom is -0.338 e. The average molecular weight is 407 g/mol. The molecule has 0 saturated carbocycles. The van der Waals surface area contributed by atoms with E-state index in [1.165, 1.54) is 19.3 Å². The average Bonchev–Trinajstić information content (AvgIpc) is 2.82. The Morgan fingerprint density at radius 1 is 1.25 bits per heavy atom. The summed E-state index contributed by atoms with van der Waals surface area (Å²) in [4.78, 5) is 14.6. The third kappa shape index (κ3) is 3.28. The van der Waals surface area contributed by atoms with Crippen LogP contribution in [0, 0.1) is 8.99 Å². The molecule has 5 heteroatoms. The van der Waals surface area contributed by atoms with Crippen molar-refractivity contribution in [2.45, 2.75) is 19.3 Å². The largest absolute Gasteiger partial charge is 0.338 e. The molecule has 0 aromatic heterocycles. The van der Waals surface area contributed by atoms with Crippen LogP contribution in [-0.4, -0.2) is 37.0 Å². The predicted molar refractivity (Wildman–Crippen MR) is 91.5 cm³/mol. The lowest BCUT2D eigenvalue weighted by atomic mass is 9.78. The van der Waals surface area contributed by atoms with Gasteiger partial charge < -0.3 is 10.2 Å². The van der Waals surface area contributed by atoms with Crippen molar-refractivity contribution in [2.24, 2.45) is 5.41 Å². The Hall–Kier alpha value is -0.330. The zero-order chi connectivity index (χ0) is 13.3. The van der Waals surface area contributed by atoms with Gasteiger partial charge in [-0.05, 0) is 78.6 Å². The van der Waals surface area contributed by atoms with Crippen LogP contribution in [0.4, 0.5) is 0 Å². The summed E-state index contributed by atoms with van der Waals surface area (Å²) in [6, 6.07) is 7.90. The van der Waals surface area contributed by atoms with Crippen molar-refractivity contribution in [3.05, 3.63) is 33.4 Å². The summed E-state index contributed by atoms with van der Waals surface area (Å²) >= 11 is 2.26. The van der Waals surface area contributed by atoms with E-state index >= 15 is 0 Å². The molecule has 2 fully saturated rings.